The number of carbonyl (C=O) groups is 1. The van der Waals surface area contributed by atoms with Crippen molar-refractivity contribution in [1.29, 1.82) is 0 Å². The summed E-state index contributed by atoms with van der Waals surface area (Å²) in [4.78, 5) is 10.5. The Morgan fingerprint density at radius 1 is 1.70 bits per heavy atom. The van der Waals surface area contributed by atoms with Gasteiger partial charge in [-0.15, -0.1) is 0 Å². The molecule has 1 aromatic heterocycles. The van der Waals surface area contributed by atoms with Crippen LogP contribution in [-0.4, -0.2) is 23.3 Å². The summed E-state index contributed by atoms with van der Waals surface area (Å²) in [5.41, 5.74) is 0. The van der Waals surface area contributed by atoms with Crippen molar-refractivity contribution in [2.45, 2.75) is 0 Å². The summed E-state index contributed by atoms with van der Waals surface area (Å²) >= 11 is 5.21. The van der Waals surface area contributed by atoms with Crippen LogP contribution in [0.1, 0.15) is 10.7 Å². The normalized spacial score (nSPS) is 9.40. The third-order valence-electron chi connectivity index (χ3n) is 0.760. The summed E-state index contributed by atoms with van der Waals surface area (Å²) in [6.45, 7) is 0. The molecule has 0 aliphatic rings. The number of carbonyl (C=O) groups excluding carboxylic acids is 1. The molecule has 6 heteroatoms. The third-order valence-corrected chi connectivity index (χ3v) is 0.913. The van der Waals surface area contributed by atoms with Gasteiger partial charge in [-0.3, -0.25) is 0 Å². The zero-order valence-corrected chi connectivity index (χ0v) is 5.75. The fraction of sp³-hybridized carbons (Fsp3) is 0.250. The lowest BCUT2D eigenvalue weighted by Gasteiger charge is -1.87. The molecule has 10 heavy (non-hydrogen) atoms. The molecule has 0 aromatic carbocycles. The van der Waals surface area contributed by atoms with E-state index in [4.69, 9.17) is 11.6 Å². The highest BCUT2D eigenvalue weighted by Gasteiger charge is 2.12. The number of hydrogen-bond donors (Lipinski definition) is 0. The smallest absolute Gasteiger partial charge is 0.396 e. The van der Waals surface area contributed by atoms with E-state index in [0.29, 0.717) is 0 Å². The molecule has 0 saturated heterocycles. The summed E-state index contributed by atoms with van der Waals surface area (Å²) in [6, 6.07) is 0. The zero-order chi connectivity index (χ0) is 7.56. The fourth-order valence-electron chi connectivity index (χ4n) is 0.375. The van der Waals surface area contributed by atoms with Gasteiger partial charge >= 0.3 is 17.2 Å². The van der Waals surface area contributed by atoms with E-state index < -0.39 is 5.97 Å². The van der Waals surface area contributed by atoms with Crippen molar-refractivity contribution < 1.29 is 13.9 Å². The number of methoxy groups -OCH3 is 1. The monoisotopic (exact) mass is 162 g/mol. The molecular formula is C4H3ClN2O3. The van der Waals surface area contributed by atoms with E-state index in [0.717, 1.165) is 0 Å². The quantitative estimate of drug-likeness (QED) is 0.563. The first-order valence-corrected chi connectivity index (χ1v) is 2.69. The molecule has 0 spiro atoms. The van der Waals surface area contributed by atoms with Crippen LogP contribution in [0.3, 0.4) is 0 Å². The Balaban J connectivity index is 2.85. The first-order valence-electron chi connectivity index (χ1n) is 2.31. The van der Waals surface area contributed by atoms with Gasteiger partial charge in [0.05, 0.1) is 7.11 Å². The van der Waals surface area contributed by atoms with E-state index in [1.807, 2.05) is 0 Å². The van der Waals surface area contributed by atoms with Crippen LogP contribution < -0.4 is 0 Å². The van der Waals surface area contributed by atoms with Crippen LogP contribution in [0.5, 0.6) is 0 Å². The molecule has 1 heterocycles. The Morgan fingerprint density at radius 3 is 2.80 bits per heavy atom. The second-order valence-corrected chi connectivity index (χ2v) is 1.68. The second kappa shape index (κ2) is 2.66. The van der Waals surface area contributed by atoms with Crippen LogP contribution in [-0.2, 0) is 4.74 Å². The number of nitrogens with zero attached hydrogens (tertiary/aromatic N) is 2. The number of aromatic nitrogens is 2. The minimum atomic E-state index is -0.695. The Hall–Kier alpha value is -1.10. The molecule has 54 valence electrons. The van der Waals surface area contributed by atoms with E-state index in [9.17, 15) is 4.79 Å². The maximum Gasteiger partial charge on any atom is 0.396 e. The van der Waals surface area contributed by atoms with E-state index in [1.165, 1.54) is 7.11 Å². The van der Waals surface area contributed by atoms with E-state index in [2.05, 4.69) is 19.4 Å². The van der Waals surface area contributed by atoms with Crippen molar-refractivity contribution in [3.63, 3.8) is 0 Å². The van der Waals surface area contributed by atoms with Crippen molar-refractivity contribution in [2.75, 3.05) is 7.11 Å². The highest BCUT2D eigenvalue weighted by Crippen LogP contribution is 2.05. The summed E-state index contributed by atoms with van der Waals surface area (Å²) in [7, 11) is 1.21. The number of esters is 1. The van der Waals surface area contributed by atoms with Gasteiger partial charge < -0.3 is 9.15 Å². The standard InChI is InChI=1S/C4H3ClN2O3/c1-9-3(8)2-6-7-4(5)10-2/h1H3. The molecule has 0 bridgehead atoms. The van der Waals surface area contributed by atoms with Crippen LogP contribution in [0.25, 0.3) is 0 Å². The van der Waals surface area contributed by atoms with Gasteiger partial charge in [0, 0.05) is 0 Å². The molecule has 1 aromatic rings. The van der Waals surface area contributed by atoms with E-state index in [1.54, 1.807) is 0 Å². The Bertz CT molecular complexity index is 246. The summed E-state index contributed by atoms with van der Waals surface area (Å²) < 4.78 is 8.76. The van der Waals surface area contributed by atoms with Gasteiger partial charge in [0.25, 0.3) is 0 Å². The maximum atomic E-state index is 10.5. The number of hydrogen-bond acceptors (Lipinski definition) is 5. The molecule has 0 aliphatic carbocycles. The molecule has 1 rings (SSSR count). The molecule has 0 radical (unpaired) electrons. The molecule has 0 saturated carbocycles. The molecule has 0 fully saturated rings. The lowest BCUT2D eigenvalue weighted by Crippen LogP contribution is -2.00. The van der Waals surface area contributed by atoms with Gasteiger partial charge in [0.15, 0.2) is 0 Å². The largest absolute Gasteiger partial charge is 0.462 e. The van der Waals surface area contributed by atoms with Crippen LogP contribution in [0.2, 0.25) is 5.35 Å². The van der Waals surface area contributed by atoms with E-state index >= 15 is 0 Å². The summed E-state index contributed by atoms with van der Waals surface area (Å²) in [5, 5.41) is 6.32. The van der Waals surface area contributed by atoms with Crippen LogP contribution in [0.15, 0.2) is 4.42 Å². The summed E-state index contributed by atoms with van der Waals surface area (Å²) in [5.74, 6) is -0.938. The Kier molecular flexibility index (Phi) is 1.86. The molecule has 5 nitrogen and oxygen atoms in total. The highest BCUT2D eigenvalue weighted by atomic mass is 35.5. The average Bonchev–Trinajstić information content (AvgIpc) is 2.34. The van der Waals surface area contributed by atoms with Crippen LogP contribution >= 0.6 is 11.6 Å². The first kappa shape index (κ1) is 7.01. The Labute approximate surface area is 60.9 Å². The lowest BCUT2D eigenvalue weighted by molar-refractivity contribution is 0.0556. The molecule has 0 amide bonds. The van der Waals surface area contributed by atoms with Crippen molar-refractivity contribution >= 4 is 17.6 Å². The highest BCUT2D eigenvalue weighted by molar-refractivity contribution is 6.27. The fourth-order valence-corrected chi connectivity index (χ4v) is 0.486. The molecular weight excluding hydrogens is 160 g/mol. The molecule has 0 atom stereocenters. The average molecular weight is 163 g/mol. The molecule has 0 aliphatic heterocycles. The van der Waals surface area contributed by atoms with Gasteiger partial charge in [0.1, 0.15) is 0 Å². The van der Waals surface area contributed by atoms with Crippen LogP contribution in [0, 0.1) is 0 Å². The minimum absolute atomic E-state index is 0.180. The van der Waals surface area contributed by atoms with Crippen molar-refractivity contribution in [3.8, 4) is 0 Å². The van der Waals surface area contributed by atoms with Crippen molar-refractivity contribution in [3.05, 3.63) is 11.2 Å². The SMILES string of the molecule is COC(=O)c1nnc(Cl)o1. The lowest BCUT2D eigenvalue weighted by atomic mass is 10.7. The number of halogens is 1. The predicted molar refractivity (Wildman–Crippen MR) is 30.6 cm³/mol. The summed E-state index contributed by atoms with van der Waals surface area (Å²) in [6.07, 6.45) is 0. The zero-order valence-electron chi connectivity index (χ0n) is 5.00. The van der Waals surface area contributed by atoms with Crippen LogP contribution in [0.4, 0.5) is 0 Å². The number of ether oxygens (including phenoxy) is 1. The maximum absolute atomic E-state index is 10.5. The van der Waals surface area contributed by atoms with Gasteiger partial charge in [0.2, 0.25) is 0 Å². The van der Waals surface area contributed by atoms with Gasteiger partial charge in [-0.25, -0.2) is 4.79 Å². The predicted octanol–water partition coefficient (Wildman–Crippen LogP) is 0.510. The van der Waals surface area contributed by atoms with Crippen molar-refractivity contribution in [2.24, 2.45) is 0 Å². The minimum Gasteiger partial charge on any atom is -0.462 e. The Morgan fingerprint density at radius 2 is 2.40 bits per heavy atom. The first-order chi connectivity index (χ1) is 4.74. The van der Waals surface area contributed by atoms with Gasteiger partial charge in [-0.05, 0) is 11.6 Å². The second-order valence-electron chi connectivity index (χ2n) is 1.35. The molecule has 0 unspecified atom stereocenters. The third kappa shape index (κ3) is 1.24. The van der Waals surface area contributed by atoms with Gasteiger partial charge in [-0.1, -0.05) is 10.2 Å². The molecule has 0 N–H and O–H groups in total. The topological polar surface area (TPSA) is 65.2 Å². The number of rotatable bonds is 1. The van der Waals surface area contributed by atoms with Gasteiger partial charge in [-0.2, -0.15) is 0 Å². The van der Waals surface area contributed by atoms with Crippen molar-refractivity contribution in [1.82, 2.24) is 10.2 Å². The van der Waals surface area contributed by atoms with E-state index in [-0.39, 0.29) is 11.2 Å².